The van der Waals surface area contributed by atoms with Crippen LogP contribution in [0.15, 0.2) is 30.3 Å². The first-order valence-electron chi connectivity index (χ1n) is 4.73. The first-order chi connectivity index (χ1) is 6.92. The maximum Gasteiger partial charge on any atom is 0.187 e. The van der Waals surface area contributed by atoms with Crippen LogP contribution < -0.4 is 0 Å². The summed E-state index contributed by atoms with van der Waals surface area (Å²) in [5, 5.41) is 0. The van der Waals surface area contributed by atoms with Gasteiger partial charge in [-0.1, -0.05) is 30.3 Å². The molecule has 0 aromatic heterocycles. The van der Waals surface area contributed by atoms with Crippen LogP contribution in [0.1, 0.15) is 11.7 Å². The Morgan fingerprint density at radius 2 is 1.86 bits per heavy atom. The topological polar surface area (TPSA) is 27.7 Å². The van der Waals surface area contributed by atoms with E-state index in [0.717, 1.165) is 5.56 Å². The molecule has 0 aliphatic carbocycles. The van der Waals surface area contributed by atoms with Gasteiger partial charge < -0.3 is 14.2 Å². The fourth-order valence-electron chi connectivity index (χ4n) is 1.59. The van der Waals surface area contributed by atoms with E-state index in [4.69, 9.17) is 14.2 Å². The minimum Gasteiger partial charge on any atom is -0.366 e. The van der Waals surface area contributed by atoms with Crippen molar-refractivity contribution in [1.29, 1.82) is 0 Å². The van der Waals surface area contributed by atoms with Crippen LogP contribution in [0.25, 0.3) is 0 Å². The normalized spacial score (nSPS) is 27.5. The quantitative estimate of drug-likeness (QED) is 0.717. The molecule has 14 heavy (non-hydrogen) atoms. The second kappa shape index (κ2) is 4.55. The lowest BCUT2D eigenvalue weighted by molar-refractivity contribution is -0.241. The fraction of sp³-hybridized carbons (Fsp3) is 0.455. The lowest BCUT2D eigenvalue weighted by Crippen LogP contribution is -2.33. The van der Waals surface area contributed by atoms with Crippen molar-refractivity contribution in [3.05, 3.63) is 35.9 Å². The summed E-state index contributed by atoms with van der Waals surface area (Å²) in [6.07, 6.45) is -0.388. The summed E-state index contributed by atoms with van der Waals surface area (Å²) >= 11 is 0. The van der Waals surface area contributed by atoms with Crippen LogP contribution in [-0.4, -0.2) is 26.6 Å². The summed E-state index contributed by atoms with van der Waals surface area (Å²) in [6.45, 7) is 1.22. The van der Waals surface area contributed by atoms with E-state index < -0.39 is 0 Å². The lowest BCUT2D eigenvalue weighted by atomic mass is 10.1. The van der Waals surface area contributed by atoms with Crippen LogP contribution in [0.3, 0.4) is 0 Å². The Hall–Kier alpha value is -0.900. The van der Waals surface area contributed by atoms with E-state index in [-0.39, 0.29) is 12.4 Å². The minimum atomic E-state index is -0.286. The maximum absolute atomic E-state index is 5.62. The summed E-state index contributed by atoms with van der Waals surface area (Å²) in [7, 11) is 1.63. The molecule has 1 aromatic rings. The SMILES string of the molecule is COC1OCCOC1c1ccccc1. The van der Waals surface area contributed by atoms with Crippen molar-refractivity contribution in [1.82, 2.24) is 0 Å². The van der Waals surface area contributed by atoms with Gasteiger partial charge in [0.1, 0.15) is 6.10 Å². The summed E-state index contributed by atoms with van der Waals surface area (Å²) < 4.78 is 16.3. The fourth-order valence-corrected chi connectivity index (χ4v) is 1.59. The summed E-state index contributed by atoms with van der Waals surface area (Å²) in [5.74, 6) is 0. The molecule has 0 amide bonds. The molecule has 0 saturated carbocycles. The molecule has 0 N–H and O–H groups in total. The molecule has 0 radical (unpaired) electrons. The van der Waals surface area contributed by atoms with Gasteiger partial charge in [-0.15, -0.1) is 0 Å². The zero-order chi connectivity index (χ0) is 9.80. The van der Waals surface area contributed by atoms with Gasteiger partial charge in [0.15, 0.2) is 6.29 Å². The van der Waals surface area contributed by atoms with Gasteiger partial charge in [0.05, 0.1) is 13.2 Å². The van der Waals surface area contributed by atoms with Gasteiger partial charge in [-0.3, -0.25) is 0 Å². The second-order valence-corrected chi connectivity index (χ2v) is 3.18. The van der Waals surface area contributed by atoms with Crippen LogP contribution in [-0.2, 0) is 14.2 Å². The Balaban J connectivity index is 2.15. The molecule has 0 bridgehead atoms. The largest absolute Gasteiger partial charge is 0.366 e. The third kappa shape index (κ3) is 1.95. The van der Waals surface area contributed by atoms with Crippen LogP contribution in [0.4, 0.5) is 0 Å². The maximum atomic E-state index is 5.62. The van der Waals surface area contributed by atoms with Crippen LogP contribution >= 0.6 is 0 Å². The Labute approximate surface area is 83.6 Å². The van der Waals surface area contributed by atoms with E-state index in [9.17, 15) is 0 Å². The summed E-state index contributed by atoms with van der Waals surface area (Å²) in [5.41, 5.74) is 1.10. The Kier molecular flexibility index (Phi) is 3.14. The smallest absolute Gasteiger partial charge is 0.187 e. The Morgan fingerprint density at radius 1 is 1.14 bits per heavy atom. The molecule has 3 heteroatoms. The highest BCUT2D eigenvalue weighted by Gasteiger charge is 2.27. The van der Waals surface area contributed by atoms with E-state index in [1.807, 2.05) is 30.3 Å². The van der Waals surface area contributed by atoms with Gasteiger partial charge in [0.25, 0.3) is 0 Å². The van der Waals surface area contributed by atoms with Gasteiger partial charge in [-0.25, -0.2) is 0 Å². The van der Waals surface area contributed by atoms with E-state index in [1.165, 1.54) is 0 Å². The second-order valence-electron chi connectivity index (χ2n) is 3.18. The number of methoxy groups -OCH3 is 1. The third-order valence-electron chi connectivity index (χ3n) is 2.27. The molecule has 2 atom stereocenters. The van der Waals surface area contributed by atoms with Crippen LogP contribution in [0.2, 0.25) is 0 Å². The van der Waals surface area contributed by atoms with Crippen molar-refractivity contribution in [2.75, 3.05) is 20.3 Å². The van der Waals surface area contributed by atoms with E-state index in [1.54, 1.807) is 7.11 Å². The van der Waals surface area contributed by atoms with E-state index in [2.05, 4.69) is 0 Å². The van der Waals surface area contributed by atoms with E-state index >= 15 is 0 Å². The molecule has 1 fully saturated rings. The van der Waals surface area contributed by atoms with Crippen molar-refractivity contribution < 1.29 is 14.2 Å². The molecular formula is C11H14O3. The van der Waals surface area contributed by atoms with Crippen molar-refractivity contribution in [2.45, 2.75) is 12.4 Å². The molecular weight excluding hydrogens is 180 g/mol. The molecule has 1 aliphatic rings. The average Bonchev–Trinajstić information content (AvgIpc) is 2.30. The number of hydrogen-bond donors (Lipinski definition) is 0. The molecule has 1 aliphatic heterocycles. The number of benzene rings is 1. The van der Waals surface area contributed by atoms with Crippen LogP contribution in [0.5, 0.6) is 0 Å². The van der Waals surface area contributed by atoms with Crippen molar-refractivity contribution >= 4 is 0 Å². The summed E-state index contributed by atoms with van der Waals surface area (Å²) in [4.78, 5) is 0. The number of rotatable bonds is 2. The highest BCUT2D eigenvalue weighted by atomic mass is 16.7. The molecule has 0 spiro atoms. The molecule has 1 saturated heterocycles. The van der Waals surface area contributed by atoms with Crippen molar-refractivity contribution in [3.8, 4) is 0 Å². The zero-order valence-electron chi connectivity index (χ0n) is 8.18. The molecule has 2 unspecified atom stereocenters. The highest BCUT2D eigenvalue weighted by Crippen LogP contribution is 2.26. The molecule has 2 rings (SSSR count). The minimum absolute atomic E-state index is 0.102. The molecule has 1 aromatic carbocycles. The predicted molar refractivity (Wildman–Crippen MR) is 51.9 cm³/mol. The van der Waals surface area contributed by atoms with Gasteiger partial charge in [-0.05, 0) is 5.56 Å². The molecule has 3 nitrogen and oxygen atoms in total. The van der Waals surface area contributed by atoms with Gasteiger partial charge >= 0.3 is 0 Å². The van der Waals surface area contributed by atoms with Gasteiger partial charge in [-0.2, -0.15) is 0 Å². The van der Waals surface area contributed by atoms with Crippen molar-refractivity contribution in [3.63, 3.8) is 0 Å². The zero-order valence-corrected chi connectivity index (χ0v) is 8.18. The average molecular weight is 194 g/mol. The number of hydrogen-bond acceptors (Lipinski definition) is 3. The summed E-state index contributed by atoms with van der Waals surface area (Å²) in [6, 6.07) is 9.99. The monoisotopic (exact) mass is 194 g/mol. The van der Waals surface area contributed by atoms with Crippen LogP contribution in [0, 0.1) is 0 Å². The molecule has 1 heterocycles. The number of ether oxygens (including phenoxy) is 3. The predicted octanol–water partition coefficient (Wildman–Crippen LogP) is 1.75. The van der Waals surface area contributed by atoms with Gasteiger partial charge in [0, 0.05) is 7.11 Å². The third-order valence-corrected chi connectivity index (χ3v) is 2.27. The Morgan fingerprint density at radius 3 is 2.57 bits per heavy atom. The highest BCUT2D eigenvalue weighted by molar-refractivity contribution is 5.18. The Bertz CT molecular complexity index is 273. The first kappa shape index (κ1) is 9.65. The van der Waals surface area contributed by atoms with E-state index in [0.29, 0.717) is 13.2 Å². The van der Waals surface area contributed by atoms with Crippen molar-refractivity contribution in [2.24, 2.45) is 0 Å². The standard InChI is InChI=1S/C11H14O3/c1-12-11-10(13-7-8-14-11)9-5-3-2-4-6-9/h2-6,10-11H,7-8H2,1H3. The molecule has 76 valence electrons. The van der Waals surface area contributed by atoms with Gasteiger partial charge in [0.2, 0.25) is 0 Å². The first-order valence-corrected chi connectivity index (χ1v) is 4.73. The lowest BCUT2D eigenvalue weighted by Gasteiger charge is -2.30.